The highest BCUT2D eigenvalue weighted by Gasteiger charge is 2.12. The van der Waals surface area contributed by atoms with Crippen molar-refractivity contribution < 1.29 is 23.8 Å². The lowest BCUT2D eigenvalue weighted by atomic mass is 10.1. The van der Waals surface area contributed by atoms with Gasteiger partial charge in [-0.1, -0.05) is 38.1 Å². The molecule has 0 aromatic heterocycles. The minimum Gasteiger partial charge on any atom is -0.490 e. The van der Waals surface area contributed by atoms with E-state index in [0.29, 0.717) is 17.1 Å². The van der Waals surface area contributed by atoms with Gasteiger partial charge in [0.1, 0.15) is 24.7 Å². The summed E-state index contributed by atoms with van der Waals surface area (Å²) in [6, 6.07) is 21.6. The Hall–Kier alpha value is -3.93. The Morgan fingerprint density at radius 3 is 2.00 bits per heavy atom. The van der Waals surface area contributed by atoms with E-state index < -0.39 is 5.97 Å². The van der Waals surface area contributed by atoms with Crippen molar-refractivity contribution in [2.24, 2.45) is 10.9 Å². The molecule has 0 N–H and O–H groups in total. The topological polar surface area (TPSA) is 74.2 Å². The summed E-state index contributed by atoms with van der Waals surface area (Å²) in [7, 11) is 0. The molecular weight excluding hydrogens is 418 g/mol. The van der Waals surface area contributed by atoms with Gasteiger partial charge in [-0.15, -0.1) is 0 Å². The van der Waals surface area contributed by atoms with Gasteiger partial charge < -0.3 is 14.2 Å². The lowest BCUT2D eigenvalue weighted by molar-refractivity contribution is -0.148. The Bertz CT molecular complexity index is 1070. The van der Waals surface area contributed by atoms with Gasteiger partial charge >= 0.3 is 11.9 Å². The molecule has 3 aromatic rings. The molecule has 0 radical (unpaired) electrons. The average Bonchev–Trinajstić information content (AvgIpc) is 2.86. The fourth-order valence-corrected chi connectivity index (χ4v) is 2.94. The van der Waals surface area contributed by atoms with Crippen LogP contribution in [-0.2, 0) is 9.53 Å². The third-order valence-electron chi connectivity index (χ3n) is 5.15. The largest absolute Gasteiger partial charge is 0.490 e. The predicted octanol–water partition coefficient (Wildman–Crippen LogP) is 5.87. The standard InChI is InChI=1S/C27H27NO5/c1-4-19(2)26(29)32-18-17-31-24-13-9-22(10-14-24)27(30)33-25-15-7-21(8-16-25)20-5-11-23(28-3)12-6-20/h5-16,19H,3-4,17-18H2,1-2H3. The maximum Gasteiger partial charge on any atom is 0.343 e. The third kappa shape index (κ3) is 6.77. The van der Waals surface area contributed by atoms with E-state index in [9.17, 15) is 9.59 Å². The molecule has 1 unspecified atom stereocenters. The van der Waals surface area contributed by atoms with Gasteiger partial charge in [0.2, 0.25) is 0 Å². The quantitative estimate of drug-likeness (QED) is 0.169. The van der Waals surface area contributed by atoms with Crippen LogP contribution in [0.4, 0.5) is 5.69 Å². The smallest absolute Gasteiger partial charge is 0.343 e. The van der Waals surface area contributed by atoms with E-state index in [4.69, 9.17) is 14.2 Å². The fraction of sp³-hybridized carbons (Fsp3) is 0.222. The molecule has 6 nitrogen and oxygen atoms in total. The maximum absolute atomic E-state index is 12.4. The van der Waals surface area contributed by atoms with Crippen molar-refractivity contribution in [2.75, 3.05) is 13.2 Å². The molecule has 0 amide bonds. The van der Waals surface area contributed by atoms with E-state index in [2.05, 4.69) is 11.7 Å². The van der Waals surface area contributed by atoms with Gasteiger partial charge in [-0.3, -0.25) is 9.79 Å². The third-order valence-corrected chi connectivity index (χ3v) is 5.15. The molecule has 33 heavy (non-hydrogen) atoms. The Morgan fingerprint density at radius 2 is 1.42 bits per heavy atom. The van der Waals surface area contributed by atoms with E-state index >= 15 is 0 Å². The zero-order valence-electron chi connectivity index (χ0n) is 18.8. The summed E-state index contributed by atoms with van der Waals surface area (Å²) >= 11 is 0. The Labute approximate surface area is 193 Å². The van der Waals surface area contributed by atoms with Crippen LogP contribution in [0.1, 0.15) is 30.6 Å². The summed E-state index contributed by atoms with van der Waals surface area (Å²) < 4.78 is 16.2. The summed E-state index contributed by atoms with van der Waals surface area (Å²) in [6.07, 6.45) is 0.739. The van der Waals surface area contributed by atoms with Gasteiger partial charge in [0, 0.05) is 0 Å². The first kappa shape index (κ1) is 23.7. The van der Waals surface area contributed by atoms with Crippen LogP contribution < -0.4 is 9.47 Å². The minimum atomic E-state index is -0.460. The number of rotatable bonds is 10. The van der Waals surface area contributed by atoms with Gasteiger partial charge in [-0.05, 0) is 72.8 Å². The van der Waals surface area contributed by atoms with Crippen molar-refractivity contribution in [3.8, 4) is 22.6 Å². The fourth-order valence-electron chi connectivity index (χ4n) is 2.94. The van der Waals surface area contributed by atoms with E-state index in [-0.39, 0.29) is 25.1 Å². The van der Waals surface area contributed by atoms with Crippen LogP contribution in [0.3, 0.4) is 0 Å². The lowest BCUT2D eigenvalue weighted by Crippen LogP contribution is -2.17. The van der Waals surface area contributed by atoms with Crippen molar-refractivity contribution in [3.63, 3.8) is 0 Å². The summed E-state index contributed by atoms with van der Waals surface area (Å²) in [4.78, 5) is 28.0. The summed E-state index contributed by atoms with van der Waals surface area (Å²) in [5, 5.41) is 0. The number of esters is 2. The first-order valence-electron chi connectivity index (χ1n) is 10.8. The molecule has 0 aliphatic heterocycles. The van der Waals surface area contributed by atoms with E-state index in [0.717, 1.165) is 23.2 Å². The molecule has 0 spiro atoms. The van der Waals surface area contributed by atoms with Gasteiger partial charge in [0.05, 0.1) is 17.2 Å². The predicted molar refractivity (Wildman–Crippen MR) is 128 cm³/mol. The van der Waals surface area contributed by atoms with Crippen LogP contribution in [-0.4, -0.2) is 31.9 Å². The van der Waals surface area contributed by atoms with Crippen molar-refractivity contribution in [1.82, 2.24) is 0 Å². The number of carbonyl (C=O) groups excluding carboxylic acids is 2. The SMILES string of the molecule is C=Nc1ccc(-c2ccc(OC(=O)c3ccc(OCCOC(=O)C(C)CC)cc3)cc2)cc1. The van der Waals surface area contributed by atoms with E-state index in [1.54, 1.807) is 36.4 Å². The van der Waals surface area contributed by atoms with Gasteiger partial charge in [0.15, 0.2) is 0 Å². The zero-order chi connectivity index (χ0) is 23.6. The molecule has 0 saturated carbocycles. The number of nitrogens with zero attached hydrogens (tertiary/aromatic N) is 1. The molecule has 0 heterocycles. The number of hydrogen-bond donors (Lipinski definition) is 0. The molecule has 6 heteroatoms. The average molecular weight is 446 g/mol. The number of ether oxygens (including phenoxy) is 3. The van der Waals surface area contributed by atoms with Crippen LogP contribution in [0.15, 0.2) is 77.8 Å². The number of benzene rings is 3. The number of carbonyl (C=O) groups is 2. The molecule has 1 atom stereocenters. The highest BCUT2D eigenvalue weighted by atomic mass is 16.6. The van der Waals surface area contributed by atoms with Gasteiger partial charge in [0.25, 0.3) is 0 Å². The Balaban J connectivity index is 1.49. The van der Waals surface area contributed by atoms with Crippen molar-refractivity contribution in [3.05, 3.63) is 78.4 Å². The molecule has 0 bridgehead atoms. The highest BCUT2D eigenvalue weighted by molar-refractivity contribution is 5.91. The van der Waals surface area contributed by atoms with E-state index in [1.165, 1.54) is 0 Å². The molecule has 170 valence electrons. The second-order valence-electron chi connectivity index (χ2n) is 7.47. The second-order valence-corrected chi connectivity index (χ2v) is 7.47. The highest BCUT2D eigenvalue weighted by Crippen LogP contribution is 2.25. The summed E-state index contributed by atoms with van der Waals surface area (Å²) in [6.45, 7) is 7.70. The number of aliphatic imine (C=N–C) groups is 1. The van der Waals surface area contributed by atoms with Crippen molar-refractivity contribution in [2.45, 2.75) is 20.3 Å². The van der Waals surface area contributed by atoms with Crippen molar-refractivity contribution >= 4 is 24.3 Å². The molecule has 0 fully saturated rings. The number of hydrogen-bond acceptors (Lipinski definition) is 6. The first-order valence-corrected chi connectivity index (χ1v) is 10.8. The van der Waals surface area contributed by atoms with Gasteiger partial charge in [-0.25, -0.2) is 4.79 Å². The molecule has 3 aromatic carbocycles. The minimum absolute atomic E-state index is 0.118. The van der Waals surface area contributed by atoms with Crippen LogP contribution in [0, 0.1) is 5.92 Å². The van der Waals surface area contributed by atoms with Crippen LogP contribution in [0.2, 0.25) is 0 Å². The van der Waals surface area contributed by atoms with Crippen molar-refractivity contribution in [1.29, 1.82) is 0 Å². The van der Waals surface area contributed by atoms with Crippen LogP contribution >= 0.6 is 0 Å². The molecule has 3 rings (SSSR count). The zero-order valence-corrected chi connectivity index (χ0v) is 18.8. The van der Waals surface area contributed by atoms with Crippen LogP contribution in [0.25, 0.3) is 11.1 Å². The summed E-state index contributed by atoms with van der Waals surface area (Å²) in [5.74, 6) is 0.228. The van der Waals surface area contributed by atoms with Gasteiger partial charge in [-0.2, -0.15) is 0 Å². The molecular formula is C27H27NO5. The lowest BCUT2D eigenvalue weighted by Gasteiger charge is -2.10. The summed E-state index contributed by atoms with van der Waals surface area (Å²) in [5.41, 5.74) is 3.25. The Kier molecular flexibility index (Phi) is 8.36. The maximum atomic E-state index is 12.4. The molecule has 0 aliphatic rings. The first-order chi connectivity index (χ1) is 16.0. The van der Waals surface area contributed by atoms with E-state index in [1.807, 2.05) is 50.2 Å². The molecule has 0 aliphatic carbocycles. The Morgan fingerprint density at radius 1 is 0.848 bits per heavy atom. The normalized spacial score (nSPS) is 11.3. The molecule has 0 saturated heterocycles. The monoisotopic (exact) mass is 445 g/mol. The van der Waals surface area contributed by atoms with Crippen LogP contribution in [0.5, 0.6) is 11.5 Å². The second kappa shape index (κ2) is 11.6.